The second-order valence-electron chi connectivity index (χ2n) is 13.2. The predicted octanol–water partition coefficient (Wildman–Crippen LogP) is 12.3. The van der Waals surface area contributed by atoms with Gasteiger partial charge >= 0.3 is 0 Å². The van der Waals surface area contributed by atoms with Crippen LogP contribution in [0, 0.1) is 0 Å². The Bertz CT molecular complexity index is 2660. The molecule has 9 aromatic carbocycles. The minimum Gasteiger partial charge on any atom is -0.0622 e. The molecule has 0 radical (unpaired) electrons. The number of hydrogen-bond acceptors (Lipinski definition) is 0. The molecule has 0 saturated carbocycles. The minimum absolute atomic E-state index is 0.344. The first-order valence-electron chi connectivity index (χ1n) is 16.5. The Morgan fingerprint density at radius 2 is 0.702 bits per heavy atom. The first-order valence-corrected chi connectivity index (χ1v) is 16.5. The molecule has 0 fully saturated rings. The van der Waals surface area contributed by atoms with Crippen LogP contribution in [0.3, 0.4) is 0 Å². The van der Waals surface area contributed by atoms with Crippen LogP contribution in [0.25, 0.3) is 76.8 Å². The van der Waals surface area contributed by atoms with E-state index in [9.17, 15) is 0 Å². The van der Waals surface area contributed by atoms with Crippen LogP contribution in [0.1, 0.15) is 22.3 Å². The fraction of sp³-hybridized carbons (Fsp3) is 0.0213. The summed E-state index contributed by atoms with van der Waals surface area (Å²) in [5.74, 6) is 0. The molecule has 0 nitrogen and oxygen atoms in total. The molecule has 0 heteroatoms. The average Bonchev–Trinajstić information content (AvgIpc) is 3.61. The summed E-state index contributed by atoms with van der Waals surface area (Å²) in [6.07, 6.45) is 0. The number of hydrogen-bond donors (Lipinski definition) is 0. The molecule has 0 heterocycles. The van der Waals surface area contributed by atoms with Crippen molar-refractivity contribution in [2.45, 2.75) is 5.41 Å². The molecular formula is C47H28. The molecule has 0 unspecified atom stereocenters. The van der Waals surface area contributed by atoms with Gasteiger partial charge in [0, 0.05) is 0 Å². The van der Waals surface area contributed by atoms with E-state index in [2.05, 4.69) is 170 Å². The zero-order chi connectivity index (χ0) is 30.7. The summed E-state index contributed by atoms with van der Waals surface area (Å²) in [5, 5.41) is 7.90. The topological polar surface area (TPSA) is 0 Å². The molecule has 11 rings (SSSR count). The Hall–Kier alpha value is -5.98. The van der Waals surface area contributed by atoms with E-state index in [1.165, 1.54) is 99.1 Å². The molecule has 2 aliphatic carbocycles. The van der Waals surface area contributed by atoms with Gasteiger partial charge < -0.3 is 0 Å². The lowest BCUT2D eigenvalue weighted by Gasteiger charge is -2.30. The van der Waals surface area contributed by atoms with Crippen molar-refractivity contribution in [2.24, 2.45) is 0 Å². The molecule has 47 heavy (non-hydrogen) atoms. The summed E-state index contributed by atoms with van der Waals surface area (Å²) in [7, 11) is 0. The third-order valence-corrected chi connectivity index (χ3v) is 11.1. The van der Waals surface area contributed by atoms with E-state index in [-0.39, 0.29) is 5.41 Å². The molecule has 0 amide bonds. The van der Waals surface area contributed by atoms with Crippen molar-refractivity contribution in [2.75, 3.05) is 0 Å². The van der Waals surface area contributed by atoms with Gasteiger partial charge in [0.25, 0.3) is 0 Å². The third kappa shape index (κ3) is 3.13. The second kappa shape index (κ2) is 9.06. The Morgan fingerprint density at radius 3 is 1.26 bits per heavy atom. The quantitative estimate of drug-likeness (QED) is 0.175. The summed E-state index contributed by atoms with van der Waals surface area (Å²) in [6, 6.07) is 63.7. The van der Waals surface area contributed by atoms with Crippen LogP contribution in [-0.4, -0.2) is 0 Å². The lowest BCUT2D eigenvalue weighted by atomic mass is 9.70. The van der Waals surface area contributed by atoms with Gasteiger partial charge in [0.05, 0.1) is 5.41 Å². The van der Waals surface area contributed by atoms with Crippen LogP contribution in [0.5, 0.6) is 0 Å². The highest BCUT2D eigenvalue weighted by atomic mass is 14.5. The van der Waals surface area contributed by atoms with E-state index in [0.29, 0.717) is 0 Å². The summed E-state index contributed by atoms with van der Waals surface area (Å²) in [4.78, 5) is 0. The van der Waals surface area contributed by atoms with E-state index in [4.69, 9.17) is 0 Å². The van der Waals surface area contributed by atoms with Gasteiger partial charge in [0.1, 0.15) is 0 Å². The maximum absolute atomic E-state index is 2.51. The second-order valence-corrected chi connectivity index (χ2v) is 13.2. The summed E-state index contributed by atoms with van der Waals surface area (Å²) < 4.78 is 0. The molecule has 0 aromatic heterocycles. The molecule has 216 valence electrons. The Kier molecular flexibility index (Phi) is 4.86. The van der Waals surface area contributed by atoms with Crippen LogP contribution >= 0.6 is 0 Å². The highest BCUT2D eigenvalue weighted by molar-refractivity contribution is 6.27. The molecule has 0 saturated heterocycles. The zero-order valence-corrected chi connectivity index (χ0v) is 25.7. The number of benzene rings is 9. The SMILES string of the molecule is c1ccc(-c2ccc3ccc4c(-c5ccc6c(c5)C5(c7ccccc7-c7ccccc75)c5ccccc5-6)ccc5ccc2c3c54)cc1. The van der Waals surface area contributed by atoms with Crippen molar-refractivity contribution >= 4 is 32.3 Å². The van der Waals surface area contributed by atoms with Gasteiger partial charge in [-0.3, -0.25) is 0 Å². The van der Waals surface area contributed by atoms with Crippen molar-refractivity contribution < 1.29 is 0 Å². The van der Waals surface area contributed by atoms with Gasteiger partial charge in [-0.1, -0.05) is 164 Å². The molecule has 2 aliphatic rings. The molecule has 0 N–H and O–H groups in total. The van der Waals surface area contributed by atoms with Crippen molar-refractivity contribution in [3.8, 4) is 44.5 Å². The van der Waals surface area contributed by atoms with Crippen molar-refractivity contribution in [3.63, 3.8) is 0 Å². The maximum Gasteiger partial charge on any atom is 0.0725 e. The molecule has 9 aromatic rings. The Morgan fingerprint density at radius 1 is 0.277 bits per heavy atom. The van der Waals surface area contributed by atoms with Crippen molar-refractivity contribution in [1.29, 1.82) is 0 Å². The molecule has 1 spiro atoms. The van der Waals surface area contributed by atoms with Gasteiger partial charge in [-0.15, -0.1) is 0 Å². The summed E-state index contributed by atoms with van der Waals surface area (Å²) in [6.45, 7) is 0. The molecule has 0 bridgehead atoms. The number of rotatable bonds is 2. The van der Waals surface area contributed by atoms with E-state index < -0.39 is 0 Å². The van der Waals surface area contributed by atoms with Crippen LogP contribution in [0.15, 0.2) is 170 Å². The van der Waals surface area contributed by atoms with Crippen LogP contribution < -0.4 is 0 Å². The lowest BCUT2D eigenvalue weighted by Crippen LogP contribution is -2.25. The smallest absolute Gasteiger partial charge is 0.0622 e. The van der Waals surface area contributed by atoms with E-state index in [0.717, 1.165) is 0 Å². The van der Waals surface area contributed by atoms with Gasteiger partial charge in [-0.2, -0.15) is 0 Å². The Balaban J connectivity index is 1.20. The van der Waals surface area contributed by atoms with Gasteiger partial charge in [-0.25, -0.2) is 0 Å². The average molecular weight is 593 g/mol. The Labute approximate surface area is 273 Å². The van der Waals surface area contributed by atoms with Gasteiger partial charge in [0.15, 0.2) is 0 Å². The monoisotopic (exact) mass is 592 g/mol. The van der Waals surface area contributed by atoms with Gasteiger partial charge in [0.2, 0.25) is 0 Å². The minimum atomic E-state index is -0.344. The van der Waals surface area contributed by atoms with E-state index >= 15 is 0 Å². The van der Waals surface area contributed by atoms with Crippen LogP contribution in [0.4, 0.5) is 0 Å². The fourth-order valence-electron chi connectivity index (χ4n) is 9.18. The summed E-state index contributed by atoms with van der Waals surface area (Å²) in [5.41, 5.74) is 15.6. The van der Waals surface area contributed by atoms with Crippen LogP contribution in [-0.2, 0) is 5.41 Å². The van der Waals surface area contributed by atoms with E-state index in [1.54, 1.807) is 0 Å². The molecular weight excluding hydrogens is 565 g/mol. The number of fused-ring (bicyclic) bond motifs is 10. The summed E-state index contributed by atoms with van der Waals surface area (Å²) >= 11 is 0. The zero-order valence-electron chi connectivity index (χ0n) is 25.7. The highest BCUT2D eigenvalue weighted by Gasteiger charge is 2.51. The maximum atomic E-state index is 2.51. The molecule has 0 aliphatic heterocycles. The lowest BCUT2D eigenvalue weighted by molar-refractivity contribution is 0.794. The van der Waals surface area contributed by atoms with Crippen molar-refractivity contribution in [1.82, 2.24) is 0 Å². The standard InChI is InChI=1S/C47H28/c1-2-10-29(11-3-1)33-23-18-30-21-27-40-34(24-19-31-20-26-39(33)45(30)46(31)40)32-22-25-38-37-14-6-9-17-43(37)47(44(38)28-32)41-15-7-4-12-35(41)36-13-5-8-16-42(36)47/h1-28H. The fourth-order valence-corrected chi connectivity index (χ4v) is 9.18. The third-order valence-electron chi connectivity index (χ3n) is 11.1. The highest BCUT2D eigenvalue weighted by Crippen LogP contribution is 2.63. The van der Waals surface area contributed by atoms with Crippen LogP contribution in [0.2, 0.25) is 0 Å². The first-order chi connectivity index (χ1) is 23.3. The molecule has 0 atom stereocenters. The normalized spacial score (nSPS) is 13.7. The van der Waals surface area contributed by atoms with Crippen molar-refractivity contribution in [3.05, 3.63) is 192 Å². The van der Waals surface area contributed by atoms with E-state index in [1.807, 2.05) is 0 Å². The predicted molar refractivity (Wildman–Crippen MR) is 197 cm³/mol. The largest absolute Gasteiger partial charge is 0.0725 e. The van der Waals surface area contributed by atoms with Gasteiger partial charge in [-0.05, 0) is 105 Å². The first kappa shape index (κ1) is 25.2.